The molecule has 694 valence electrons. The van der Waals surface area contributed by atoms with Crippen molar-refractivity contribution in [3.8, 4) is 0 Å². The molecule has 126 heavy (non-hydrogen) atoms. The van der Waals surface area contributed by atoms with Gasteiger partial charge < -0.3 is 122 Å². The minimum absolute atomic E-state index is 0. The molecule has 0 unspecified atom stereocenters. The maximum absolute atomic E-state index is 15.7. The molecule has 48 heteroatoms. The fraction of sp³-hybridized carbons (Fsp3) is 0.538. The molecule has 4 aromatic rings. The van der Waals surface area contributed by atoms with E-state index in [1.807, 2.05) is 0 Å². The summed E-state index contributed by atoms with van der Waals surface area (Å²) in [5, 5.41) is 88.7. The van der Waals surface area contributed by atoms with Crippen molar-refractivity contribution in [1.29, 1.82) is 10.8 Å². The van der Waals surface area contributed by atoms with E-state index in [0.29, 0.717) is 22.0 Å². The number of guanidine groups is 2. The van der Waals surface area contributed by atoms with Gasteiger partial charge in [-0.2, -0.15) is 0 Å². The number of nitrogens with one attached hydrogen (secondary N) is 17. The van der Waals surface area contributed by atoms with Crippen LogP contribution in [0.4, 0.5) is 0 Å². The van der Waals surface area contributed by atoms with Crippen LogP contribution in [0.1, 0.15) is 88.5 Å². The number of carboxylic acid groups (broad SMARTS) is 4. The minimum atomic E-state index is -2.14. The van der Waals surface area contributed by atoms with E-state index in [4.69, 9.17) is 28.0 Å². The Labute approximate surface area is 753 Å². The summed E-state index contributed by atoms with van der Waals surface area (Å²) in [5.41, 5.74) is 18.5. The van der Waals surface area contributed by atoms with Gasteiger partial charge in [0.1, 0.15) is 60.4 Å². The molecule has 3 fully saturated rings. The number of hydrogen-bond donors (Lipinski definition) is 24. The second-order valence-electron chi connectivity index (χ2n) is 30.9. The Morgan fingerprint density at radius 2 is 1.07 bits per heavy atom. The predicted molar refractivity (Wildman–Crippen MR) is 445 cm³/mol. The Kier molecular flexibility index (Phi) is 42.3. The number of nitrogens with zero attached hydrogens (tertiary/aromatic N) is 6. The van der Waals surface area contributed by atoms with Crippen molar-refractivity contribution in [3.63, 3.8) is 0 Å². The van der Waals surface area contributed by atoms with E-state index in [1.54, 1.807) is 73.3 Å². The number of H-pyrrole nitrogens is 2. The molecule has 47 nitrogen and oxygen atoms in total. The molecule has 7 rings (SSSR count). The van der Waals surface area contributed by atoms with E-state index in [1.165, 1.54) is 38.3 Å². The molecular weight excluding hydrogens is 1810 g/mol. The largest absolute Gasteiger partial charge is 3.00 e. The van der Waals surface area contributed by atoms with Gasteiger partial charge in [0, 0.05) is 133 Å². The molecule has 5 heterocycles. The first-order valence-corrected chi connectivity index (χ1v) is 40.8. The fourth-order valence-corrected chi connectivity index (χ4v) is 14.3. The molecule has 0 saturated carbocycles. The summed E-state index contributed by atoms with van der Waals surface area (Å²) in [6.45, 7) is -0.654. The Morgan fingerprint density at radius 1 is 0.556 bits per heavy atom. The first kappa shape index (κ1) is 103. The van der Waals surface area contributed by atoms with E-state index in [0.717, 1.165) is 0 Å². The number of carboxylic acids is 4. The summed E-state index contributed by atoms with van der Waals surface area (Å²) in [5.74, 6) is -20.5. The van der Waals surface area contributed by atoms with E-state index in [9.17, 15) is 63.6 Å². The van der Waals surface area contributed by atoms with Gasteiger partial charge in [0.15, 0.2) is 11.9 Å². The molecule has 27 N–H and O–H groups in total. The van der Waals surface area contributed by atoms with Gasteiger partial charge in [0.2, 0.25) is 76.8 Å². The third kappa shape index (κ3) is 35.1. The summed E-state index contributed by atoms with van der Waals surface area (Å²) in [6, 6.07) is -2.02. The topological polar surface area (TPSA) is 714 Å². The Balaban J connectivity index is 0.0000245. The number of para-hydroxylation sites is 1. The summed E-state index contributed by atoms with van der Waals surface area (Å²) >= 11 is 0. The van der Waals surface area contributed by atoms with E-state index in [2.05, 4.69) is 84.1 Å². The number of aromatic nitrogens is 3. The Hall–Kier alpha value is -12.2. The number of aliphatic carboxylic acids is 4. The molecule has 2 aromatic carbocycles. The number of rotatable bonds is 35. The number of amides is 13. The number of aromatic amines is 2. The first-order chi connectivity index (χ1) is 59.5. The molecule has 3 aliphatic rings. The van der Waals surface area contributed by atoms with Crippen molar-refractivity contribution in [2.75, 3.05) is 111 Å². The minimum Gasteiger partial charge on any atom is -0.481 e. The SMILES string of the molecule is CC(C)[C@H](NC(=O)[C@@H]1CCCN1C(=O)[C@H](CCCNC(=N)N)NC(=O)[C@@H]1CC(=O)NC[C@H](NC(=O)CNC(=O)CN2CCN(CC(=O)O)CCN(CC(=O)O)CCN(CC(=O)O)CC2)C(=O)N[C@@H](CCC(=O)O)C(=O)N[C@@H](Cc2cnc[nH]2)C(=O)N[C@H](Cc2ccccc2)C(=O)N[C@@H](CCCNC(=N)N)C(=O)N[C@@H](Cc2c[nH]c3ccccc23)C(=O)N1)C(N)=O.[177Lu+3]. The normalized spacial score (nSPS) is 21.0. The number of imidazole rings is 1. The molecule has 3 saturated heterocycles. The number of hydrogen-bond acceptors (Lipinski definition) is 24. The van der Waals surface area contributed by atoms with Gasteiger partial charge >= 0.3 is 60.8 Å². The molecule has 0 bridgehead atoms. The molecule has 10 atom stereocenters. The van der Waals surface area contributed by atoms with Gasteiger partial charge in [-0.25, -0.2) is 4.98 Å². The third-order valence-corrected chi connectivity index (χ3v) is 20.9. The monoisotopic (exact) mass is 1930 g/mol. The van der Waals surface area contributed by atoms with E-state index >= 15 is 38.4 Å². The van der Waals surface area contributed by atoms with Gasteiger partial charge in [-0.05, 0) is 68.1 Å². The van der Waals surface area contributed by atoms with Crippen molar-refractivity contribution >= 4 is 123 Å². The van der Waals surface area contributed by atoms with Crippen molar-refractivity contribution in [2.24, 2.45) is 23.1 Å². The van der Waals surface area contributed by atoms with Crippen molar-refractivity contribution in [3.05, 3.63) is 90.1 Å². The van der Waals surface area contributed by atoms with Crippen LogP contribution in [0.2, 0.25) is 0 Å². The summed E-state index contributed by atoms with van der Waals surface area (Å²) in [4.78, 5) is 258. The predicted octanol–water partition coefficient (Wildman–Crippen LogP) is -8.08. The van der Waals surface area contributed by atoms with E-state index in [-0.39, 0.29) is 160 Å². The Bertz CT molecular complexity index is 4430. The van der Waals surface area contributed by atoms with E-state index < -0.39 is 250 Å². The summed E-state index contributed by atoms with van der Waals surface area (Å²) in [6.07, 6.45) is -0.0647. The number of benzene rings is 2. The maximum atomic E-state index is 15.7. The zero-order valence-corrected chi connectivity index (χ0v) is 71.3. The summed E-state index contributed by atoms with van der Waals surface area (Å²) < 4.78 is 0. The van der Waals surface area contributed by atoms with Crippen molar-refractivity contribution in [1.82, 2.24) is 109 Å². The molecule has 0 spiro atoms. The zero-order valence-electron chi connectivity index (χ0n) is 69.7. The second-order valence-corrected chi connectivity index (χ2v) is 30.9. The molecule has 0 radical (unpaired) electrons. The van der Waals surface area contributed by atoms with Crippen LogP contribution in [0.25, 0.3) is 10.9 Å². The smallest absolute Gasteiger partial charge is 0.481 e. The van der Waals surface area contributed by atoms with Crippen LogP contribution in [-0.2, 0) is 101 Å². The van der Waals surface area contributed by atoms with Crippen LogP contribution < -0.4 is 86.3 Å². The molecular formula is C78H114LuN26O21+3. The number of likely N-dealkylation sites (tertiary alicyclic amines) is 1. The van der Waals surface area contributed by atoms with Crippen LogP contribution in [0.5, 0.6) is 0 Å². The van der Waals surface area contributed by atoms with Gasteiger partial charge in [-0.1, -0.05) is 62.4 Å². The molecule has 0 aliphatic carbocycles. The quantitative estimate of drug-likeness (QED) is 0.0116. The maximum Gasteiger partial charge on any atom is 3.00 e. The Morgan fingerprint density at radius 3 is 1.62 bits per heavy atom. The van der Waals surface area contributed by atoms with Gasteiger partial charge in [0.25, 0.3) is 0 Å². The van der Waals surface area contributed by atoms with Crippen molar-refractivity contribution < 1.29 is 139 Å². The fourth-order valence-electron chi connectivity index (χ4n) is 14.3. The number of nitrogens with two attached hydrogens (primary N) is 3. The number of carbonyl (C=O) groups excluding carboxylic acids is 13. The van der Waals surface area contributed by atoms with Crippen LogP contribution in [0.3, 0.4) is 0 Å². The standard InChI is InChI=1S/C78H114N26O21.Lu/c1-44(2)66(67(79)116)99-75(124)58-17-10-22-104(58)76(125)52(16-9-21-86-78(82)83)94-73(122)56-34-59(105)88-37-57(91-60(106)38-89-61(107)39-100-23-25-101(40-63(110)111)27-29-103(42-65(114)115)30-28-102(26-24-100)41-64(112)113)74(123)93-51(18-19-62(108)109)69(118)97-55(33-47-36-84-43-90-47)72(121)95-53(31-45-11-4-3-5-12-45)70(119)92-50(15-8-20-85-77(80)81)68(117)96-54(71(120)98-56)32-46-35-87-49-14-7-6-13-48(46)49;/h3-7,11-14,35-36,43-44,50-58,66,87H,8-10,15-34,37-42H2,1-2H3,(H2,79,116)(H,84,90)(H,88,105)(H,89,107)(H,91,106)(H,92,119)(H,93,123)(H,94,122)(H,95,121)(H,96,117)(H,97,118)(H,98,120)(H,99,124)(H,108,109)(H,110,111)(H,112,113)(H,114,115)(H4,80,81,85)(H4,82,83,86);/q;+3/t50-,51-,52-,53+,54-,55-,56-,57-,58-,66-;/m0./s1/i;1+2. The van der Waals surface area contributed by atoms with Crippen LogP contribution in [0.15, 0.2) is 73.3 Å². The number of fused-ring (bicyclic) bond motifs is 1. The van der Waals surface area contributed by atoms with Gasteiger partial charge in [0.05, 0.1) is 45.5 Å². The average Bonchev–Trinajstić information content (AvgIpc) is 1.64. The third-order valence-electron chi connectivity index (χ3n) is 20.9. The van der Waals surface area contributed by atoms with Crippen molar-refractivity contribution in [2.45, 2.75) is 151 Å². The van der Waals surface area contributed by atoms with Gasteiger partial charge in [-0.3, -0.25) is 112 Å². The van der Waals surface area contributed by atoms with Gasteiger partial charge in [-0.15, -0.1) is 0 Å². The number of primary amides is 1. The first-order valence-electron chi connectivity index (χ1n) is 40.8. The number of carbonyl (C=O) groups is 17. The average molecular weight is 1930 g/mol. The second kappa shape index (κ2) is 51.9. The molecule has 13 amide bonds. The van der Waals surface area contributed by atoms with Crippen LogP contribution >= 0.6 is 0 Å². The molecule has 3 aliphatic heterocycles. The zero-order chi connectivity index (χ0) is 91.4. The van der Waals surface area contributed by atoms with Crippen LogP contribution in [0, 0.1) is 53.6 Å². The molecule has 2 aromatic heterocycles. The summed E-state index contributed by atoms with van der Waals surface area (Å²) in [7, 11) is 0. The van der Waals surface area contributed by atoms with Crippen LogP contribution in [-0.4, -0.2) is 344 Å².